The van der Waals surface area contributed by atoms with Crippen LogP contribution >= 0.6 is 15.9 Å². The lowest BCUT2D eigenvalue weighted by molar-refractivity contribution is 0.0697. The van der Waals surface area contributed by atoms with Gasteiger partial charge in [0.15, 0.2) is 0 Å². The molecule has 1 aromatic carbocycles. The van der Waals surface area contributed by atoms with E-state index in [1.165, 1.54) is 4.31 Å². The van der Waals surface area contributed by atoms with Gasteiger partial charge in [0, 0.05) is 31.7 Å². The summed E-state index contributed by atoms with van der Waals surface area (Å²) in [5.74, 6) is 0.498. The van der Waals surface area contributed by atoms with Crippen LogP contribution < -0.4 is 9.88 Å². The lowest BCUT2D eigenvalue weighted by Gasteiger charge is -2.33. The SMILES string of the molecule is COc1ccc(C(=O)N2CCN(S(N)(=O)=O)CC2)cc1Br. The van der Waals surface area contributed by atoms with E-state index in [2.05, 4.69) is 15.9 Å². The van der Waals surface area contributed by atoms with Gasteiger partial charge in [-0.25, -0.2) is 5.14 Å². The van der Waals surface area contributed by atoms with Gasteiger partial charge in [-0.2, -0.15) is 12.7 Å². The number of carbonyl (C=O) groups excluding carboxylic acids is 1. The summed E-state index contributed by atoms with van der Waals surface area (Å²) in [6, 6.07) is 5.07. The van der Waals surface area contributed by atoms with Crippen molar-refractivity contribution in [3.63, 3.8) is 0 Å². The molecule has 1 fully saturated rings. The van der Waals surface area contributed by atoms with Crippen LogP contribution in [0.3, 0.4) is 0 Å². The molecule has 0 saturated carbocycles. The number of hydrogen-bond acceptors (Lipinski definition) is 4. The van der Waals surface area contributed by atoms with Crippen molar-refractivity contribution < 1.29 is 17.9 Å². The molecule has 0 aromatic heterocycles. The average molecular weight is 378 g/mol. The van der Waals surface area contributed by atoms with Crippen LogP contribution in [0.25, 0.3) is 0 Å². The quantitative estimate of drug-likeness (QED) is 0.825. The van der Waals surface area contributed by atoms with Crippen molar-refractivity contribution in [3.05, 3.63) is 28.2 Å². The molecule has 0 atom stereocenters. The molecule has 0 unspecified atom stereocenters. The molecule has 1 aliphatic heterocycles. The Bertz CT molecular complexity index is 642. The highest BCUT2D eigenvalue weighted by Gasteiger charge is 2.27. The van der Waals surface area contributed by atoms with E-state index in [1.54, 1.807) is 30.2 Å². The number of methoxy groups -OCH3 is 1. The first-order valence-corrected chi connectivity index (χ1v) is 8.53. The lowest BCUT2D eigenvalue weighted by atomic mass is 10.2. The van der Waals surface area contributed by atoms with Crippen LogP contribution in [0.1, 0.15) is 10.4 Å². The maximum absolute atomic E-state index is 12.4. The molecule has 0 aliphatic carbocycles. The Morgan fingerprint density at radius 1 is 1.29 bits per heavy atom. The molecule has 1 saturated heterocycles. The third-order valence-corrected chi connectivity index (χ3v) is 4.99. The molecule has 1 heterocycles. The number of hydrogen-bond donors (Lipinski definition) is 1. The standard InChI is InChI=1S/C12H16BrN3O4S/c1-20-11-3-2-9(8-10(11)13)12(17)15-4-6-16(7-5-15)21(14,18)19/h2-3,8H,4-7H2,1H3,(H2,14,18,19). The number of amides is 1. The summed E-state index contributed by atoms with van der Waals surface area (Å²) >= 11 is 3.34. The lowest BCUT2D eigenvalue weighted by Crippen LogP contribution is -2.52. The Labute approximate surface area is 132 Å². The summed E-state index contributed by atoms with van der Waals surface area (Å²) < 4.78 is 29.4. The van der Waals surface area contributed by atoms with Crippen LogP contribution in [-0.4, -0.2) is 56.8 Å². The van der Waals surface area contributed by atoms with Gasteiger partial charge in [0.1, 0.15) is 5.75 Å². The van der Waals surface area contributed by atoms with Crippen molar-refractivity contribution in [2.45, 2.75) is 0 Å². The number of benzene rings is 1. The third-order valence-electron chi connectivity index (χ3n) is 3.28. The zero-order valence-electron chi connectivity index (χ0n) is 11.5. The van der Waals surface area contributed by atoms with E-state index in [0.29, 0.717) is 28.9 Å². The fourth-order valence-electron chi connectivity index (χ4n) is 2.13. The fourth-order valence-corrected chi connectivity index (χ4v) is 3.34. The minimum atomic E-state index is -3.68. The molecular weight excluding hydrogens is 362 g/mol. The maximum Gasteiger partial charge on any atom is 0.277 e. The average Bonchev–Trinajstić information content (AvgIpc) is 2.45. The number of halogens is 1. The van der Waals surface area contributed by atoms with Gasteiger partial charge in [0.25, 0.3) is 16.1 Å². The number of rotatable bonds is 3. The summed E-state index contributed by atoms with van der Waals surface area (Å²) in [6.45, 7) is 1.06. The Balaban J connectivity index is 2.07. The van der Waals surface area contributed by atoms with Gasteiger partial charge < -0.3 is 9.64 Å². The monoisotopic (exact) mass is 377 g/mol. The number of ether oxygens (including phenoxy) is 1. The molecule has 0 bridgehead atoms. The first-order valence-electron chi connectivity index (χ1n) is 6.23. The first kappa shape index (κ1) is 16.2. The number of piperazine rings is 1. The highest BCUT2D eigenvalue weighted by molar-refractivity contribution is 9.10. The van der Waals surface area contributed by atoms with Gasteiger partial charge >= 0.3 is 0 Å². The van der Waals surface area contributed by atoms with Crippen LogP contribution in [-0.2, 0) is 10.2 Å². The van der Waals surface area contributed by atoms with E-state index in [4.69, 9.17) is 9.88 Å². The fraction of sp³-hybridized carbons (Fsp3) is 0.417. The van der Waals surface area contributed by atoms with Gasteiger partial charge in [-0.3, -0.25) is 4.79 Å². The minimum Gasteiger partial charge on any atom is -0.496 e. The normalized spacial score (nSPS) is 16.8. The van der Waals surface area contributed by atoms with E-state index in [1.807, 2.05) is 0 Å². The van der Waals surface area contributed by atoms with Crippen LogP contribution in [0, 0.1) is 0 Å². The zero-order valence-corrected chi connectivity index (χ0v) is 13.9. The first-order chi connectivity index (χ1) is 9.82. The molecule has 1 aromatic rings. The molecule has 0 spiro atoms. The molecular formula is C12H16BrN3O4S. The molecule has 21 heavy (non-hydrogen) atoms. The Hall–Kier alpha value is -1.16. The predicted octanol–water partition coefficient (Wildman–Crippen LogP) is 0.419. The van der Waals surface area contributed by atoms with Gasteiger partial charge in [-0.15, -0.1) is 0 Å². The molecule has 2 N–H and O–H groups in total. The minimum absolute atomic E-state index is 0.146. The van der Waals surface area contributed by atoms with E-state index in [-0.39, 0.29) is 19.0 Å². The van der Waals surface area contributed by atoms with E-state index in [0.717, 1.165) is 0 Å². The van der Waals surface area contributed by atoms with Crippen molar-refractivity contribution in [2.75, 3.05) is 33.3 Å². The Kier molecular flexibility index (Phi) is 4.87. The number of carbonyl (C=O) groups is 1. The van der Waals surface area contributed by atoms with Gasteiger partial charge in [-0.1, -0.05) is 0 Å². The van der Waals surface area contributed by atoms with E-state index < -0.39 is 10.2 Å². The molecule has 2 rings (SSSR count). The second-order valence-corrected chi connectivity index (χ2v) is 6.99. The second kappa shape index (κ2) is 6.30. The molecule has 0 radical (unpaired) electrons. The van der Waals surface area contributed by atoms with Crippen LogP contribution in [0.4, 0.5) is 0 Å². The second-order valence-electron chi connectivity index (χ2n) is 4.59. The number of nitrogens with zero attached hydrogens (tertiary/aromatic N) is 2. The van der Waals surface area contributed by atoms with Crippen molar-refractivity contribution in [1.29, 1.82) is 0 Å². The van der Waals surface area contributed by atoms with Crippen molar-refractivity contribution in [1.82, 2.24) is 9.21 Å². The largest absolute Gasteiger partial charge is 0.496 e. The van der Waals surface area contributed by atoms with Gasteiger partial charge in [0.2, 0.25) is 0 Å². The van der Waals surface area contributed by atoms with Crippen LogP contribution in [0.2, 0.25) is 0 Å². The molecule has 9 heteroatoms. The van der Waals surface area contributed by atoms with Gasteiger partial charge in [-0.05, 0) is 34.1 Å². The number of nitrogens with two attached hydrogens (primary N) is 1. The summed E-state index contributed by atoms with van der Waals surface area (Å²) in [7, 11) is -2.13. The van der Waals surface area contributed by atoms with E-state index >= 15 is 0 Å². The van der Waals surface area contributed by atoms with Crippen LogP contribution in [0.5, 0.6) is 5.75 Å². The Morgan fingerprint density at radius 3 is 2.38 bits per heavy atom. The summed E-state index contributed by atoms with van der Waals surface area (Å²) in [4.78, 5) is 14.0. The Morgan fingerprint density at radius 2 is 1.90 bits per heavy atom. The smallest absolute Gasteiger partial charge is 0.277 e. The third kappa shape index (κ3) is 3.73. The topological polar surface area (TPSA) is 92.9 Å². The zero-order chi connectivity index (χ0) is 15.6. The summed E-state index contributed by atoms with van der Waals surface area (Å²) in [5, 5.41) is 5.07. The van der Waals surface area contributed by atoms with Crippen molar-refractivity contribution >= 4 is 32.0 Å². The highest BCUT2D eigenvalue weighted by atomic mass is 79.9. The van der Waals surface area contributed by atoms with Crippen molar-refractivity contribution in [2.24, 2.45) is 5.14 Å². The van der Waals surface area contributed by atoms with Crippen molar-refractivity contribution in [3.8, 4) is 5.75 Å². The van der Waals surface area contributed by atoms with Gasteiger partial charge in [0.05, 0.1) is 11.6 Å². The highest BCUT2D eigenvalue weighted by Crippen LogP contribution is 2.26. The predicted molar refractivity (Wildman–Crippen MR) is 81.3 cm³/mol. The molecule has 1 aliphatic rings. The van der Waals surface area contributed by atoms with Crippen LogP contribution in [0.15, 0.2) is 22.7 Å². The summed E-state index contributed by atoms with van der Waals surface area (Å²) in [5.41, 5.74) is 0.520. The molecule has 1 amide bonds. The molecule has 7 nitrogen and oxygen atoms in total. The summed E-state index contributed by atoms with van der Waals surface area (Å²) in [6.07, 6.45) is 0. The molecule has 116 valence electrons. The maximum atomic E-state index is 12.4. The van der Waals surface area contributed by atoms with E-state index in [9.17, 15) is 13.2 Å².